The second-order valence-electron chi connectivity index (χ2n) is 8.86. The normalized spacial score (nSPS) is 35.8. The Kier molecular flexibility index (Phi) is 4.37. The van der Waals surface area contributed by atoms with Crippen LogP contribution in [0, 0.1) is 5.82 Å². The monoisotopic (exact) mass is 471 g/mol. The Bertz CT molecular complexity index is 1150. The summed E-state index contributed by atoms with van der Waals surface area (Å²) in [5.74, 6) is -0.733. The molecule has 0 unspecified atom stereocenters. The summed E-state index contributed by atoms with van der Waals surface area (Å²) in [4.78, 5) is 15.8. The van der Waals surface area contributed by atoms with E-state index in [0.29, 0.717) is 39.0 Å². The molecule has 11 heteroatoms. The van der Waals surface area contributed by atoms with Gasteiger partial charge in [-0.1, -0.05) is 11.6 Å². The van der Waals surface area contributed by atoms with Crippen LogP contribution in [0.15, 0.2) is 6.20 Å². The molecule has 4 fully saturated rings. The van der Waals surface area contributed by atoms with Crippen molar-refractivity contribution in [3.05, 3.63) is 17.2 Å². The van der Waals surface area contributed by atoms with Crippen molar-refractivity contribution >= 4 is 28.3 Å². The summed E-state index contributed by atoms with van der Waals surface area (Å²) in [5.41, 5.74) is -1.37. The number of hydrogen-bond acceptors (Lipinski definition) is 7. The van der Waals surface area contributed by atoms with E-state index in [4.69, 9.17) is 23.8 Å². The third-order valence-electron chi connectivity index (χ3n) is 6.86. The van der Waals surface area contributed by atoms with E-state index < -0.39 is 53.6 Å². The molecule has 0 radical (unpaired) electrons. The van der Waals surface area contributed by atoms with E-state index in [0.717, 1.165) is 0 Å². The molecule has 1 aliphatic carbocycles. The van der Waals surface area contributed by atoms with Crippen molar-refractivity contribution in [2.75, 3.05) is 37.7 Å². The molecule has 172 valence electrons. The summed E-state index contributed by atoms with van der Waals surface area (Å²) in [6.07, 6.45) is 0.0260. The summed E-state index contributed by atoms with van der Waals surface area (Å²) in [6.45, 7) is -0.871. The molecular weight excluding hydrogens is 447 g/mol. The molecule has 5 heterocycles. The predicted octanol–water partition coefficient (Wildman–Crippen LogP) is 3.09. The number of pyridine rings is 1. The summed E-state index contributed by atoms with van der Waals surface area (Å²) in [6, 6.07) is -1.02. The quantitative estimate of drug-likeness (QED) is 0.635. The molecular formula is C21H23ClF3N5O2. The molecule has 7 nitrogen and oxygen atoms in total. The average molecular weight is 472 g/mol. The Hall–Kier alpha value is -1.91. The zero-order chi connectivity index (χ0) is 23.8. The van der Waals surface area contributed by atoms with Gasteiger partial charge in [-0.25, -0.2) is 18.2 Å². The van der Waals surface area contributed by atoms with Gasteiger partial charge in [0.25, 0.3) is 0 Å². The van der Waals surface area contributed by atoms with Crippen molar-refractivity contribution in [3.8, 4) is 6.01 Å². The van der Waals surface area contributed by atoms with Crippen LogP contribution in [0.1, 0.15) is 28.4 Å². The molecule has 3 saturated heterocycles. The maximum atomic E-state index is 15.0. The fourth-order valence-corrected chi connectivity index (χ4v) is 5.43. The van der Waals surface area contributed by atoms with Crippen LogP contribution in [0.2, 0.25) is 5.15 Å². The molecule has 32 heavy (non-hydrogen) atoms. The average Bonchev–Trinajstić information content (AvgIpc) is 3.14. The van der Waals surface area contributed by atoms with Crippen LogP contribution in [0.25, 0.3) is 10.9 Å². The van der Waals surface area contributed by atoms with Gasteiger partial charge in [0.2, 0.25) is 0 Å². The first-order valence-electron chi connectivity index (χ1n) is 11.8. The van der Waals surface area contributed by atoms with Gasteiger partial charge in [0.05, 0.1) is 19.7 Å². The van der Waals surface area contributed by atoms with Gasteiger partial charge in [-0.3, -0.25) is 4.90 Å². The van der Waals surface area contributed by atoms with E-state index in [1.165, 1.54) is 6.20 Å². The Morgan fingerprint density at radius 1 is 1.31 bits per heavy atom. The molecule has 2 aromatic rings. The van der Waals surface area contributed by atoms with Crippen molar-refractivity contribution in [1.82, 2.24) is 19.9 Å². The molecule has 1 saturated carbocycles. The van der Waals surface area contributed by atoms with E-state index in [1.54, 1.807) is 9.80 Å². The Morgan fingerprint density at radius 3 is 3.06 bits per heavy atom. The number of anilines is 1. The van der Waals surface area contributed by atoms with E-state index in [1.807, 2.05) is 0 Å². The van der Waals surface area contributed by atoms with Crippen LogP contribution >= 0.6 is 11.6 Å². The molecule has 0 bridgehead atoms. The van der Waals surface area contributed by atoms with Gasteiger partial charge in [0, 0.05) is 32.3 Å². The lowest BCUT2D eigenvalue weighted by molar-refractivity contribution is 0.105. The van der Waals surface area contributed by atoms with Crippen molar-refractivity contribution in [2.45, 2.75) is 55.7 Å². The molecule has 0 amide bonds. The number of fused-ring (bicyclic) bond motifs is 3. The third-order valence-corrected chi connectivity index (χ3v) is 7.12. The number of hydrogen-bond donors (Lipinski definition) is 0. The summed E-state index contributed by atoms with van der Waals surface area (Å²) < 4.78 is 72.4. The second kappa shape index (κ2) is 7.56. The fraction of sp³-hybridized carbons (Fsp3) is 0.667. The SMILES string of the molecule is [2H]C([2H])(Oc1nc(N2CCCO[C@H]3[C@@H](F)[C@H]32)c2cnc(Cl)c(F)c2n1)[C@@]12CCCN1C[C@H](F)C2. The van der Waals surface area contributed by atoms with Crippen molar-refractivity contribution < 1.29 is 25.4 Å². The van der Waals surface area contributed by atoms with Crippen LogP contribution < -0.4 is 9.64 Å². The number of ether oxygens (including phenoxy) is 2. The molecule has 3 aliphatic heterocycles. The first-order chi connectivity index (χ1) is 16.2. The number of halogens is 4. The summed E-state index contributed by atoms with van der Waals surface area (Å²) >= 11 is 5.89. The largest absolute Gasteiger partial charge is 0.461 e. The van der Waals surface area contributed by atoms with Crippen LogP contribution in [0.5, 0.6) is 6.01 Å². The van der Waals surface area contributed by atoms with Gasteiger partial charge >= 0.3 is 6.01 Å². The lowest BCUT2D eigenvalue weighted by Gasteiger charge is -2.31. The smallest absolute Gasteiger partial charge is 0.319 e. The highest BCUT2D eigenvalue weighted by Crippen LogP contribution is 2.43. The molecule has 2 aromatic heterocycles. The second-order valence-corrected chi connectivity index (χ2v) is 9.22. The third kappa shape index (κ3) is 3.21. The number of aromatic nitrogens is 3. The lowest BCUT2D eigenvalue weighted by Crippen LogP contribution is -2.43. The zero-order valence-electron chi connectivity index (χ0n) is 19.1. The molecule has 0 N–H and O–H groups in total. The van der Waals surface area contributed by atoms with Gasteiger partial charge in [-0.2, -0.15) is 9.97 Å². The minimum Gasteiger partial charge on any atom is -0.461 e. The van der Waals surface area contributed by atoms with E-state index in [-0.39, 0.29) is 29.7 Å². The Balaban J connectivity index is 1.44. The summed E-state index contributed by atoms with van der Waals surface area (Å²) in [7, 11) is 0. The van der Waals surface area contributed by atoms with Crippen molar-refractivity contribution in [2.24, 2.45) is 0 Å². The first-order valence-corrected chi connectivity index (χ1v) is 11.2. The minimum atomic E-state index is -2.35. The molecule has 4 aliphatic rings. The number of nitrogens with zero attached hydrogens (tertiary/aromatic N) is 5. The van der Waals surface area contributed by atoms with Crippen LogP contribution in [0.3, 0.4) is 0 Å². The number of rotatable bonds is 4. The van der Waals surface area contributed by atoms with Crippen molar-refractivity contribution in [3.63, 3.8) is 0 Å². The standard InChI is InChI=1S/C21H23ClF3N5O2/c22-18-13(24)15-12(8-26-18)19(30-5-2-6-31-17-14(25)16(17)30)28-20(27-15)32-10-21-3-1-4-29(21)9-11(23)7-21/h8,11,14,16-17H,1-7,9-10H2/t11-,14+,16-,17+,21+/m1/s1/i10D2. The Labute approximate surface area is 190 Å². The molecule has 6 rings (SSSR count). The van der Waals surface area contributed by atoms with Gasteiger partial charge < -0.3 is 14.4 Å². The van der Waals surface area contributed by atoms with E-state index in [9.17, 15) is 13.2 Å². The van der Waals surface area contributed by atoms with Crippen LogP contribution in [0.4, 0.5) is 19.0 Å². The maximum Gasteiger partial charge on any atom is 0.319 e. The maximum absolute atomic E-state index is 15.0. The summed E-state index contributed by atoms with van der Waals surface area (Å²) in [5, 5.41) is -0.200. The van der Waals surface area contributed by atoms with E-state index >= 15 is 0 Å². The topological polar surface area (TPSA) is 63.6 Å². The minimum absolute atomic E-state index is 0.0126. The van der Waals surface area contributed by atoms with Gasteiger partial charge in [-0.05, 0) is 25.8 Å². The Morgan fingerprint density at radius 2 is 2.19 bits per heavy atom. The van der Waals surface area contributed by atoms with Crippen LogP contribution in [-0.2, 0) is 4.74 Å². The zero-order valence-corrected chi connectivity index (χ0v) is 17.9. The lowest BCUT2D eigenvalue weighted by atomic mass is 9.95. The van der Waals surface area contributed by atoms with Gasteiger partial charge in [0.15, 0.2) is 17.1 Å². The first kappa shape index (κ1) is 18.5. The fourth-order valence-electron chi connectivity index (χ4n) is 5.29. The highest BCUT2D eigenvalue weighted by molar-refractivity contribution is 6.30. The molecule has 5 atom stereocenters. The molecule has 0 aromatic carbocycles. The predicted molar refractivity (Wildman–Crippen MR) is 111 cm³/mol. The van der Waals surface area contributed by atoms with Crippen molar-refractivity contribution in [1.29, 1.82) is 0 Å². The van der Waals surface area contributed by atoms with Gasteiger partial charge in [-0.15, -0.1) is 0 Å². The number of alkyl halides is 2. The highest BCUT2D eigenvalue weighted by atomic mass is 35.5. The van der Waals surface area contributed by atoms with Gasteiger partial charge in [0.1, 0.15) is 30.2 Å². The molecule has 0 spiro atoms. The van der Waals surface area contributed by atoms with E-state index in [2.05, 4.69) is 15.0 Å². The van der Waals surface area contributed by atoms with Crippen LogP contribution in [-0.4, -0.2) is 82.7 Å². The highest BCUT2D eigenvalue weighted by Gasteiger charge is 2.58.